The van der Waals surface area contributed by atoms with Crippen LogP contribution in [0.3, 0.4) is 0 Å². The fourth-order valence-electron chi connectivity index (χ4n) is 3.13. The Hall–Kier alpha value is -1.92. The van der Waals surface area contributed by atoms with E-state index in [1.54, 1.807) is 7.11 Å². The highest BCUT2D eigenvalue weighted by Crippen LogP contribution is 2.38. The molecule has 122 valence electrons. The van der Waals surface area contributed by atoms with Gasteiger partial charge >= 0.3 is 0 Å². The normalized spacial score (nSPS) is 20.8. The molecule has 6 heteroatoms. The maximum Gasteiger partial charge on any atom is 0.170 e. The van der Waals surface area contributed by atoms with E-state index in [1.807, 2.05) is 18.3 Å². The Balaban J connectivity index is 1.93. The van der Waals surface area contributed by atoms with Crippen molar-refractivity contribution in [3.8, 4) is 0 Å². The molecule has 0 bridgehead atoms. The van der Waals surface area contributed by atoms with Gasteiger partial charge in [-0.1, -0.05) is 6.07 Å². The summed E-state index contributed by atoms with van der Waals surface area (Å²) in [5.41, 5.74) is 2.24. The monoisotopic (exact) mass is 330 g/mol. The number of nitrogens with zero attached hydrogens (tertiary/aromatic N) is 3. The molecule has 0 saturated carbocycles. The average Bonchev–Trinajstić information content (AvgIpc) is 3.12. The number of thiocarbonyl (C=S) groups is 1. The van der Waals surface area contributed by atoms with Crippen molar-refractivity contribution < 1.29 is 4.74 Å². The van der Waals surface area contributed by atoms with Gasteiger partial charge in [-0.25, -0.2) is 0 Å². The molecule has 2 atom stereocenters. The van der Waals surface area contributed by atoms with Crippen LogP contribution in [0.2, 0.25) is 0 Å². The SMILES string of the molecule is COCCCN1C(=S)NC(c2ccccn2)C1c1cccn1C. The van der Waals surface area contributed by atoms with Crippen molar-refractivity contribution in [3.05, 3.63) is 54.1 Å². The van der Waals surface area contributed by atoms with Gasteiger partial charge in [0.2, 0.25) is 0 Å². The Labute approximate surface area is 142 Å². The maximum atomic E-state index is 5.60. The van der Waals surface area contributed by atoms with Crippen molar-refractivity contribution in [1.82, 2.24) is 19.8 Å². The fourth-order valence-corrected chi connectivity index (χ4v) is 3.46. The Morgan fingerprint density at radius 3 is 2.83 bits per heavy atom. The molecule has 1 saturated heterocycles. The quantitative estimate of drug-likeness (QED) is 0.651. The highest BCUT2D eigenvalue weighted by Gasteiger charge is 2.40. The number of hydrogen-bond donors (Lipinski definition) is 1. The first-order chi connectivity index (χ1) is 11.2. The number of nitrogens with one attached hydrogen (secondary N) is 1. The van der Waals surface area contributed by atoms with Gasteiger partial charge in [0.05, 0.1) is 17.8 Å². The van der Waals surface area contributed by atoms with Gasteiger partial charge in [-0.3, -0.25) is 4.98 Å². The number of methoxy groups -OCH3 is 1. The number of aromatic nitrogens is 2. The number of aryl methyl sites for hydroxylation is 1. The van der Waals surface area contributed by atoms with E-state index in [1.165, 1.54) is 5.69 Å². The molecule has 0 spiro atoms. The molecule has 5 nitrogen and oxygen atoms in total. The van der Waals surface area contributed by atoms with Crippen molar-refractivity contribution >= 4 is 17.3 Å². The molecule has 0 aliphatic carbocycles. The largest absolute Gasteiger partial charge is 0.385 e. The molecule has 0 radical (unpaired) electrons. The molecule has 2 aromatic heterocycles. The smallest absolute Gasteiger partial charge is 0.170 e. The van der Waals surface area contributed by atoms with Gasteiger partial charge in [0, 0.05) is 45.4 Å². The molecule has 1 N–H and O–H groups in total. The average molecular weight is 330 g/mol. The Bertz CT molecular complexity index is 658. The first-order valence-electron chi connectivity index (χ1n) is 7.80. The molecule has 2 unspecified atom stereocenters. The highest BCUT2D eigenvalue weighted by atomic mass is 32.1. The van der Waals surface area contributed by atoms with Gasteiger partial charge in [0.1, 0.15) is 0 Å². The van der Waals surface area contributed by atoms with Crippen molar-refractivity contribution in [2.45, 2.75) is 18.5 Å². The molecule has 2 aromatic rings. The van der Waals surface area contributed by atoms with Crippen molar-refractivity contribution in [2.24, 2.45) is 7.05 Å². The van der Waals surface area contributed by atoms with Crippen LogP contribution >= 0.6 is 12.2 Å². The first-order valence-corrected chi connectivity index (χ1v) is 8.21. The summed E-state index contributed by atoms with van der Waals surface area (Å²) in [6.45, 7) is 1.59. The topological polar surface area (TPSA) is 42.3 Å². The zero-order valence-corrected chi connectivity index (χ0v) is 14.3. The lowest BCUT2D eigenvalue weighted by Crippen LogP contribution is -2.31. The minimum atomic E-state index is 0.0554. The van der Waals surface area contributed by atoms with E-state index in [0.717, 1.165) is 30.4 Å². The molecule has 1 aliphatic heterocycles. The number of rotatable bonds is 6. The van der Waals surface area contributed by atoms with Crippen molar-refractivity contribution in [1.29, 1.82) is 0 Å². The van der Waals surface area contributed by atoms with E-state index in [9.17, 15) is 0 Å². The third kappa shape index (κ3) is 3.23. The Morgan fingerprint density at radius 1 is 1.30 bits per heavy atom. The third-order valence-corrected chi connectivity index (χ3v) is 4.58. The van der Waals surface area contributed by atoms with Gasteiger partial charge in [0.15, 0.2) is 5.11 Å². The van der Waals surface area contributed by atoms with E-state index in [4.69, 9.17) is 17.0 Å². The number of pyridine rings is 1. The van der Waals surface area contributed by atoms with Gasteiger partial charge in [0.25, 0.3) is 0 Å². The molecule has 0 amide bonds. The van der Waals surface area contributed by atoms with Crippen molar-refractivity contribution in [2.75, 3.05) is 20.3 Å². The highest BCUT2D eigenvalue weighted by molar-refractivity contribution is 7.80. The van der Waals surface area contributed by atoms with Gasteiger partial charge in [-0.15, -0.1) is 0 Å². The van der Waals surface area contributed by atoms with E-state index >= 15 is 0 Å². The molecule has 3 rings (SSSR count). The predicted octanol–water partition coefficient (Wildman–Crippen LogP) is 2.43. The molecular weight excluding hydrogens is 308 g/mol. The summed E-state index contributed by atoms with van der Waals surface area (Å²) in [7, 11) is 3.80. The standard InChI is InChI=1S/C17H22N4OS/c1-20-10-5-8-14(20)16-15(13-7-3-4-9-18-13)19-17(23)21(16)11-6-12-22-2/h3-5,7-10,15-16H,6,11-12H2,1-2H3,(H,19,23). The zero-order valence-electron chi connectivity index (χ0n) is 13.5. The van der Waals surface area contributed by atoms with Crippen molar-refractivity contribution in [3.63, 3.8) is 0 Å². The lowest BCUT2D eigenvalue weighted by molar-refractivity contribution is 0.179. The van der Waals surface area contributed by atoms with Crippen LogP contribution in [-0.4, -0.2) is 39.8 Å². The van der Waals surface area contributed by atoms with Crippen LogP contribution in [0, 0.1) is 0 Å². The van der Waals surface area contributed by atoms with Crippen LogP contribution < -0.4 is 5.32 Å². The van der Waals surface area contributed by atoms with Crippen LogP contribution in [-0.2, 0) is 11.8 Å². The maximum absolute atomic E-state index is 5.60. The summed E-state index contributed by atoms with van der Waals surface area (Å²) in [5.74, 6) is 0. The fraction of sp³-hybridized carbons (Fsp3) is 0.412. The van der Waals surface area contributed by atoms with Crippen LogP contribution in [0.15, 0.2) is 42.7 Å². The summed E-state index contributed by atoms with van der Waals surface area (Å²) in [6, 6.07) is 10.4. The zero-order chi connectivity index (χ0) is 16.2. The van der Waals surface area contributed by atoms with E-state index in [2.05, 4.69) is 51.2 Å². The molecule has 23 heavy (non-hydrogen) atoms. The molecule has 0 aromatic carbocycles. The second-order valence-electron chi connectivity index (χ2n) is 5.71. The van der Waals surface area contributed by atoms with Crippen LogP contribution in [0.25, 0.3) is 0 Å². The van der Waals surface area contributed by atoms with E-state index < -0.39 is 0 Å². The minimum absolute atomic E-state index is 0.0554. The lowest BCUT2D eigenvalue weighted by Gasteiger charge is -2.28. The lowest BCUT2D eigenvalue weighted by atomic mass is 10.0. The van der Waals surface area contributed by atoms with Gasteiger partial charge in [-0.2, -0.15) is 0 Å². The Morgan fingerprint density at radius 2 is 2.17 bits per heavy atom. The summed E-state index contributed by atoms with van der Waals surface area (Å²) in [4.78, 5) is 6.79. The second-order valence-corrected chi connectivity index (χ2v) is 6.10. The van der Waals surface area contributed by atoms with Gasteiger partial charge < -0.3 is 19.5 Å². The second kappa shape index (κ2) is 7.10. The Kier molecular flexibility index (Phi) is 4.93. The summed E-state index contributed by atoms with van der Waals surface area (Å²) in [6.07, 6.45) is 4.84. The molecule has 1 aliphatic rings. The third-order valence-electron chi connectivity index (χ3n) is 4.23. The number of ether oxygens (including phenoxy) is 1. The number of hydrogen-bond acceptors (Lipinski definition) is 3. The van der Waals surface area contributed by atoms with E-state index in [0.29, 0.717) is 0 Å². The molecule has 3 heterocycles. The molecule has 1 fully saturated rings. The molecular formula is C17H22N4OS. The van der Waals surface area contributed by atoms with Crippen LogP contribution in [0.1, 0.15) is 29.9 Å². The predicted molar refractivity (Wildman–Crippen MR) is 94.1 cm³/mol. The van der Waals surface area contributed by atoms with E-state index in [-0.39, 0.29) is 12.1 Å². The summed E-state index contributed by atoms with van der Waals surface area (Å²) in [5, 5.41) is 4.23. The van der Waals surface area contributed by atoms with Gasteiger partial charge in [-0.05, 0) is 42.9 Å². The summed E-state index contributed by atoms with van der Waals surface area (Å²) < 4.78 is 7.34. The van der Waals surface area contributed by atoms with Crippen LogP contribution in [0.4, 0.5) is 0 Å². The first kappa shape index (κ1) is 16.0. The summed E-state index contributed by atoms with van der Waals surface area (Å²) >= 11 is 5.60. The minimum Gasteiger partial charge on any atom is -0.385 e. The van der Waals surface area contributed by atoms with Crippen LogP contribution in [0.5, 0.6) is 0 Å².